The maximum absolute atomic E-state index is 12.4. The number of carbonyl (C=O) groups is 2. The van der Waals surface area contributed by atoms with Gasteiger partial charge in [-0.05, 0) is 31.4 Å². The number of amides is 1. The number of hydrogen-bond donors (Lipinski definition) is 2. The van der Waals surface area contributed by atoms with Crippen LogP contribution in [0, 0.1) is 23.2 Å². The summed E-state index contributed by atoms with van der Waals surface area (Å²) in [5, 5.41) is 21.4. The van der Waals surface area contributed by atoms with E-state index in [-0.39, 0.29) is 11.8 Å². The second kappa shape index (κ2) is 6.84. The summed E-state index contributed by atoms with van der Waals surface area (Å²) >= 11 is 1.08. The molecule has 8 heteroatoms. The van der Waals surface area contributed by atoms with Gasteiger partial charge < -0.3 is 14.8 Å². The average Bonchev–Trinajstić information content (AvgIpc) is 3.23. The van der Waals surface area contributed by atoms with Crippen LogP contribution in [0.25, 0.3) is 11.5 Å². The van der Waals surface area contributed by atoms with Crippen LogP contribution in [0.5, 0.6) is 0 Å². The molecule has 2 N–H and O–H groups in total. The van der Waals surface area contributed by atoms with Crippen molar-refractivity contribution >= 4 is 28.3 Å². The predicted octanol–water partition coefficient (Wildman–Crippen LogP) is 3.10. The largest absolute Gasteiger partial charge is 0.481 e. The van der Waals surface area contributed by atoms with Gasteiger partial charge in [-0.2, -0.15) is 5.26 Å². The third-order valence-electron chi connectivity index (χ3n) is 4.11. The van der Waals surface area contributed by atoms with Gasteiger partial charge >= 0.3 is 5.97 Å². The Bertz CT molecular complexity index is 791. The van der Waals surface area contributed by atoms with E-state index in [1.165, 1.54) is 6.26 Å². The van der Waals surface area contributed by atoms with Crippen molar-refractivity contribution in [2.75, 3.05) is 5.32 Å². The van der Waals surface area contributed by atoms with Crippen molar-refractivity contribution < 1.29 is 19.1 Å². The molecule has 0 spiro atoms. The highest BCUT2D eigenvalue weighted by molar-refractivity contribution is 7.16. The van der Waals surface area contributed by atoms with Crippen molar-refractivity contribution in [2.45, 2.75) is 25.7 Å². The Labute approximate surface area is 141 Å². The highest BCUT2D eigenvalue weighted by Gasteiger charge is 2.31. The van der Waals surface area contributed by atoms with Crippen molar-refractivity contribution in [1.82, 2.24) is 4.98 Å². The molecule has 1 aliphatic carbocycles. The Morgan fingerprint density at radius 2 is 2.21 bits per heavy atom. The first-order valence-corrected chi connectivity index (χ1v) is 8.38. The zero-order valence-electron chi connectivity index (χ0n) is 12.7. The number of hydrogen-bond acceptors (Lipinski definition) is 6. The molecule has 2 atom stereocenters. The van der Waals surface area contributed by atoms with Crippen LogP contribution in [0.4, 0.5) is 5.13 Å². The molecule has 2 aromatic heterocycles. The van der Waals surface area contributed by atoms with Crippen molar-refractivity contribution in [3.8, 4) is 17.5 Å². The molecule has 1 fully saturated rings. The molecule has 0 saturated heterocycles. The summed E-state index contributed by atoms with van der Waals surface area (Å²) in [4.78, 5) is 28.1. The molecule has 0 aliphatic heterocycles. The minimum atomic E-state index is -0.853. The van der Waals surface area contributed by atoms with E-state index in [2.05, 4.69) is 10.3 Å². The first-order valence-electron chi connectivity index (χ1n) is 7.57. The second-order valence-electron chi connectivity index (χ2n) is 5.67. The van der Waals surface area contributed by atoms with Gasteiger partial charge in [0.1, 0.15) is 16.6 Å². The van der Waals surface area contributed by atoms with Gasteiger partial charge in [0.25, 0.3) is 0 Å². The van der Waals surface area contributed by atoms with Crippen molar-refractivity contribution in [3.63, 3.8) is 0 Å². The molecule has 124 valence electrons. The summed E-state index contributed by atoms with van der Waals surface area (Å²) < 4.78 is 5.25. The van der Waals surface area contributed by atoms with Gasteiger partial charge in [0.15, 0.2) is 10.9 Å². The molecule has 1 aliphatic rings. The molecule has 2 aromatic rings. The zero-order valence-corrected chi connectivity index (χ0v) is 13.5. The van der Waals surface area contributed by atoms with Crippen LogP contribution in [-0.4, -0.2) is 22.0 Å². The topological polar surface area (TPSA) is 116 Å². The van der Waals surface area contributed by atoms with Gasteiger partial charge in [0, 0.05) is 5.92 Å². The summed E-state index contributed by atoms with van der Waals surface area (Å²) in [6.45, 7) is 0. The number of anilines is 1. The normalized spacial score (nSPS) is 20.3. The summed E-state index contributed by atoms with van der Waals surface area (Å²) in [5.74, 6) is -1.45. The minimum absolute atomic E-state index is 0.245. The van der Waals surface area contributed by atoms with Gasteiger partial charge in [0.2, 0.25) is 5.91 Å². The van der Waals surface area contributed by atoms with Gasteiger partial charge in [0.05, 0.1) is 12.2 Å². The number of carboxylic acids is 1. The number of nitriles is 1. The summed E-state index contributed by atoms with van der Waals surface area (Å²) in [6, 6.07) is 5.44. The molecule has 1 saturated carbocycles. The van der Waals surface area contributed by atoms with Gasteiger partial charge in [-0.15, -0.1) is 0 Å². The number of nitrogens with zero attached hydrogens (tertiary/aromatic N) is 2. The standard InChI is InChI=1S/C16H15N3O4S/c17-8-12-13(11-5-2-6-23-11)18-16(24-12)19-14(20)9-3-1-4-10(7-9)15(21)22/h2,5-6,9-10H,1,3-4,7H2,(H,21,22)(H,18,19,20)/t9-,10+/m1/s1. The van der Waals surface area contributed by atoms with Crippen LogP contribution < -0.4 is 5.32 Å². The number of aliphatic carboxylic acids is 1. The third kappa shape index (κ3) is 3.31. The van der Waals surface area contributed by atoms with Crippen LogP contribution in [0.3, 0.4) is 0 Å². The van der Waals surface area contributed by atoms with Gasteiger partial charge in [-0.25, -0.2) is 4.98 Å². The highest BCUT2D eigenvalue weighted by atomic mass is 32.1. The quantitative estimate of drug-likeness (QED) is 0.879. The van der Waals surface area contributed by atoms with Crippen molar-refractivity contribution in [3.05, 3.63) is 23.3 Å². The maximum Gasteiger partial charge on any atom is 0.306 e. The molecule has 24 heavy (non-hydrogen) atoms. The van der Waals surface area contributed by atoms with Crippen LogP contribution in [0.1, 0.15) is 30.6 Å². The number of carboxylic acid groups (broad SMARTS) is 1. The number of nitrogens with one attached hydrogen (secondary N) is 1. The predicted molar refractivity (Wildman–Crippen MR) is 86.2 cm³/mol. The number of carbonyl (C=O) groups excluding carboxylic acids is 1. The summed E-state index contributed by atoms with van der Waals surface area (Å²) in [5.41, 5.74) is 0.398. The lowest BCUT2D eigenvalue weighted by Gasteiger charge is -2.25. The molecule has 2 heterocycles. The lowest BCUT2D eigenvalue weighted by atomic mass is 9.81. The first-order chi connectivity index (χ1) is 11.6. The Morgan fingerprint density at radius 3 is 2.88 bits per heavy atom. The summed E-state index contributed by atoms with van der Waals surface area (Å²) in [6.07, 6.45) is 3.81. The second-order valence-corrected chi connectivity index (χ2v) is 6.67. The SMILES string of the molecule is N#Cc1sc(NC(=O)[C@@H]2CCC[C@H](C(=O)O)C2)nc1-c1ccco1. The first kappa shape index (κ1) is 16.2. The number of aromatic nitrogens is 1. The smallest absolute Gasteiger partial charge is 0.306 e. The van der Waals surface area contributed by atoms with E-state index in [1.54, 1.807) is 12.1 Å². The van der Waals surface area contributed by atoms with Crippen molar-refractivity contribution in [2.24, 2.45) is 11.8 Å². The van der Waals surface area contributed by atoms with Crippen molar-refractivity contribution in [1.29, 1.82) is 5.26 Å². The lowest BCUT2D eigenvalue weighted by Crippen LogP contribution is -2.30. The molecule has 0 aromatic carbocycles. The molecule has 1 amide bonds. The minimum Gasteiger partial charge on any atom is -0.481 e. The molecule has 0 bridgehead atoms. The van der Waals surface area contributed by atoms with E-state index in [1.807, 2.05) is 6.07 Å². The average molecular weight is 345 g/mol. The van der Waals surface area contributed by atoms with E-state index in [0.29, 0.717) is 47.1 Å². The molecular weight excluding hydrogens is 330 g/mol. The van der Waals surface area contributed by atoms with E-state index >= 15 is 0 Å². The van der Waals surface area contributed by atoms with E-state index in [0.717, 1.165) is 11.3 Å². The fourth-order valence-corrected chi connectivity index (χ4v) is 3.66. The van der Waals surface area contributed by atoms with Crippen LogP contribution >= 0.6 is 11.3 Å². The number of rotatable bonds is 4. The Balaban J connectivity index is 1.73. The number of thiazole rings is 1. The molecule has 3 rings (SSSR count). The fraction of sp³-hybridized carbons (Fsp3) is 0.375. The van der Waals surface area contributed by atoms with Crippen LogP contribution in [0.2, 0.25) is 0 Å². The van der Waals surface area contributed by atoms with E-state index < -0.39 is 11.9 Å². The maximum atomic E-state index is 12.4. The Morgan fingerprint density at radius 1 is 1.42 bits per heavy atom. The lowest BCUT2D eigenvalue weighted by molar-refractivity contribution is -0.143. The van der Waals surface area contributed by atoms with Gasteiger partial charge in [-0.1, -0.05) is 17.8 Å². The fourth-order valence-electron chi connectivity index (χ4n) is 2.89. The van der Waals surface area contributed by atoms with E-state index in [4.69, 9.17) is 9.52 Å². The molecular formula is C16H15N3O4S. The van der Waals surface area contributed by atoms with Crippen LogP contribution in [-0.2, 0) is 9.59 Å². The van der Waals surface area contributed by atoms with Crippen LogP contribution in [0.15, 0.2) is 22.8 Å². The zero-order chi connectivity index (χ0) is 17.1. The molecule has 0 unspecified atom stereocenters. The Hall–Kier alpha value is -2.66. The van der Waals surface area contributed by atoms with Gasteiger partial charge in [-0.3, -0.25) is 9.59 Å². The summed E-state index contributed by atoms with van der Waals surface area (Å²) in [7, 11) is 0. The monoisotopic (exact) mass is 345 g/mol. The van der Waals surface area contributed by atoms with E-state index in [9.17, 15) is 14.9 Å². The Kier molecular flexibility index (Phi) is 4.62. The molecule has 0 radical (unpaired) electrons. The third-order valence-corrected chi connectivity index (χ3v) is 4.98. The highest BCUT2D eigenvalue weighted by Crippen LogP contribution is 2.33. The number of furan rings is 1. The molecule has 7 nitrogen and oxygen atoms in total.